The van der Waals surface area contributed by atoms with E-state index in [0.29, 0.717) is 0 Å². The number of hydrogen-bond acceptors (Lipinski definition) is 4. The maximum absolute atomic E-state index is 5.95. The lowest BCUT2D eigenvalue weighted by Crippen LogP contribution is -2.55. The second-order valence-electron chi connectivity index (χ2n) is 5.83. The first-order valence-corrected chi connectivity index (χ1v) is 7.79. The van der Waals surface area contributed by atoms with Crippen molar-refractivity contribution in [1.29, 1.82) is 0 Å². The first-order valence-electron chi connectivity index (χ1n) is 7.79. The van der Waals surface area contributed by atoms with Gasteiger partial charge in [-0.05, 0) is 37.3 Å². The molecule has 3 N–H and O–H groups in total. The lowest BCUT2D eigenvalue weighted by Gasteiger charge is -2.44. The van der Waals surface area contributed by atoms with Crippen LogP contribution >= 0.6 is 0 Å². The molecule has 21 heavy (non-hydrogen) atoms. The van der Waals surface area contributed by atoms with Crippen molar-refractivity contribution in [3.63, 3.8) is 0 Å². The van der Waals surface area contributed by atoms with Crippen LogP contribution in [-0.4, -0.2) is 25.9 Å². The number of allylic oxidation sites excluding steroid dienone is 1. The molecule has 0 amide bonds. The van der Waals surface area contributed by atoms with E-state index >= 15 is 0 Å². The fourth-order valence-corrected chi connectivity index (χ4v) is 3.54. The van der Waals surface area contributed by atoms with Gasteiger partial charge >= 0.3 is 0 Å². The smallest absolute Gasteiger partial charge is 0.111 e. The predicted octanol–water partition coefficient (Wildman–Crippen LogP) is 2.26. The van der Waals surface area contributed by atoms with Gasteiger partial charge in [0.25, 0.3) is 0 Å². The molecule has 0 radical (unpaired) electrons. The number of nitrogens with two attached hydrogens (primary N) is 1. The van der Waals surface area contributed by atoms with E-state index in [1.807, 2.05) is 0 Å². The third-order valence-electron chi connectivity index (χ3n) is 4.70. The van der Waals surface area contributed by atoms with Crippen molar-refractivity contribution in [2.75, 3.05) is 19.8 Å². The highest BCUT2D eigenvalue weighted by Crippen LogP contribution is 2.41. The standard InChI is InChI=1S/C17H24N2O2/c18-19-16(15-8-4-5-11-21-15)17(9-12-20-13-10-17)14-6-2-1-3-7-14/h1-3,6-8,16,19H,4-5,9-13,18H2. The molecule has 2 aliphatic rings. The molecular weight excluding hydrogens is 264 g/mol. The van der Waals surface area contributed by atoms with Crippen molar-refractivity contribution in [3.8, 4) is 0 Å². The summed E-state index contributed by atoms with van der Waals surface area (Å²) in [7, 11) is 0. The maximum Gasteiger partial charge on any atom is 0.111 e. The van der Waals surface area contributed by atoms with Crippen LogP contribution in [0.2, 0.25) is 0 Å². The van der Waals surface area contributed by atoms with Gasteiger partial charge in [0.2, 0.25) is 0 Å². The van der Waals surface area contributed by atoms with Crippen molar-refractivity contribution in [3.05, 3.63) is 47.7 Å². The zero-order valence-electron chi connectivity index (χ0n) is 12.4. The number of ether oxygens (including phenoxy) is 2. The second-order valence-corrected chi connectivity index (χ2v) is 5.83. The van der Waals surface area contributed by atoms with Gasteiger partial charge in [0.15, 0.2) is 0 Å². The van der Waals surface area contributed by atoms with Gasteiger partial charge in [-0.25, -0.2) is 5.43 Å². The van der Waals surface area contributed by atoms with Gasteiger partial charge in [-0.1, -0.05) is 30.3 Å². The van der Waals surface area contributed by atoms with E-state index in [2.05, 4.69) is 41.8 Å². The van der Waals surface area contributed by atoms with Gasteiger partial charge in [-0.15, -0.1) is 0 Å². The van der Waals surface area contributed by atoms with Gasteiger partial charge in [0.1, 0.15) is 5.76 Å². The monoisotopic (exact) mass is 288 g/mol. The summed E-state index contributed by atoms with van der Waals surface area (Å²) in [5.74, 6) is 6.94. The SMILES string of the molecule is NNC(C1=CCCCO1)C1(c2ccccc2)CCOCC1. The van der Waals surface area contributed by atoms with Gasteiger partial charge in [-0.3, -0.25) is 5.84 Å². The Hall–Kier alpha value is -1.36. The Morgan fingerprint density at radius 2 is 1.86 bits per heavy atom. The molecule has 1 unspecified atom stereocenters. The Bertz CT molecular complexity index is 481. The highest BCUT2D eigenvalue weighted by atomic mass is 16.5. The summed E-state index contributed by atoms with van der Waals surface area (Å²) in [4.78, 5) is 0. The average Bonchev–Trinajstić information content (AvgIpc) is 2.58. The molecule has 1 aromatic carbocycles. The highest BCUT2D eigenvalue weighted by molar-refractivity contribution is 5.32. The Morgan fingerprint density at radius 1 is 1.10 bits per heavy atom. The van der Waals surface area contributed by atoms with E-state index in [-0.39, 0.29) is 11.5 Å². The van der Waals surface area contributed by atoms with Crippen molar-refractivity contribution >= 4 is 0 Å². The van der Waals surface area contributed by atoms with E-state index in [4.69, 9.17) is 15.3 Å². The molecule has 0 saturated carbocycles. The third-order valence-corrected chi connectivity index (χ3v) is 4.70. The molecule has 0 aromatic heterocycles. The van der Waals surface area contributed by atoms with Crippen molar-refractivity contribution in [1.82, 2.24) is 5.43 Å². The summed E-state index contributed by atoms with van der Waals surface area (Å²) < 4.78 is 11.5. The van der Waals surface area contributed by atoms with Gasteiger partial charge in [-0.2, -0.15) is 0 Å². The predicted molar refractivity (Wildman–Crippen MR) is 82.6 cm³/mol. The summed E-state index contributed by atoms with van der Waals surface area (Å²) in [6.07, 6.45) is 6.24. The summed E-state index contributed by atoms with van der Waals surface area (Å²) in [6, 6.07) is 10.6. The molecule has 2 heterocycles. The van der Waals surface area contributed by atoms with Gasteiger partial charge in [0, 0.05) is 18.6 Å². The van der Waals surface area contributed by atoms with E-state index < -0.39 is 0 Å². The van der Waals surface area contributed by atoms with E-state index in [0.717, 1.165) is 51.3 Å². The Balaban J connectivity index is 1.99. The zero-order valence-corrected chi connectivity index (χ0v) is 12.4. The average molecular weight is 288 g/mol. The van der Waals surface area contributed by atoms with Crippen LogP contribution in [0.4, 0.5) is 0 Å². The molecule has 2 aliphatic heterocycles. The topological polar surface area (TPSA) is 56.5 Å². The van der Waals surface area contributed by atoms with E-state index in [1.165, 1.54) is 5.56 Å². The first kappa shape index (κ1) is 14.6. The second kappa shape index (κ2) is 6.60. The zero-order chi connectivity index (χ0) is 14.5. The molecular formula is C17H24N2O2. The summed E-state index contributed by atoms with van der Waals surface area (Å²) in [6.45, 7) is 2.31. The molecule has 4 heteroatoms. The largest absolute Gasteiger partial charge is 0.497 e. The van der Waals surface area contributed by atoms with Crippen LogP contribution < -0.4 is 11.3 Å². The molecule has 114 valence electrons. The summed E-state index contributed by atoms with van der Waals surface area (Å²) in [5.41, 5.74) is 4.29. The number of hydrazine groups is 1. The van der Waals surface area contributed by atoms with Crippen LogP contribution in [0, 0.1) is 0 Å². The fourth-order valence-electron chi connectivity index (χ4n) is 3.54. The lowest BCUT2D eigenvalue weighted by molar-refractivity contribution is 0.0269. The van der Waals surface area contributed by atoms with Crippen LogP contribution in [0.3, 0.4) is 0 Å². The number of hydrogen-bond donors (Lipinski definition) is 2. The fraction of sp³-hybridized carbons (Fsp3) is 0.529. The molecule has 1 fully saturated rings. The van der Waals surface area contributed by atoms with Gasteiger partial charge < -0.3 is 9.47 Å². The van der Waals surface area contributed by atoms with E-state index in [1.54, 1.807) is 0 Å². The minimum atomic E-state index is -0.0581. The third kappa shape index (κ3) is 2.84. The molecule has 1 saturated heterocycles. The number of nitrogens with one attached hydrogen (secondary N) is 1. The summed E-state index contributed by atoms with van der Waals surface area (Å²) in [5, 5.41) is 0. The van der Waals surface area contributed by atoms with Crippen LogP contribution in [0.1, 0.15) is 31.2 Å². The molecule has 4 nitrogen and oxygen atoms in total. The van der Waals surface area contributed by atoms with Crippen molar-refractivity contribution in [2.45, 2.75) is 37.1 Å². The number of benzene rings is 1. The molecule has 0 aliphatic carbocycles. The summed E-state index contributed by atoms with van der Waals surface area (Å²) >= 11 is 0. The molecule has 3 rings (SSSR count). The lowest BCUT2D eigenvalue weighted by atomic mass is 9.68. The molecule has 0 bridgehead atoms. The molecule has 0 spiro atoms. The van der Waals surface area contributed by atoms with Crippen molar-refractivity contribution in [2.24, 2.45) is 5.84 Å². The first-order chi connectivity index (χ1) is 10.4. The van der Waals surface area contributed by atoms with Crippen molar-refractivity contribution < 1.29 is 9.47 Å². The molecule has 1 atom stereocenters. The van der Waals surface area contributed by atoms with Crippen LogP contribution in [0.5, 0.6) is 0 Å². The minimum absolute atomic E-state index is 0.00380. The normalized spacial score (nSPS) is 23.0. The van der Waals surface area contributed by atoms with Crippen LogP contribution in [0.15, 0.2) is 42.2 Å². The Kier molecular flexibility index (Phi) is 4.58. The quantitative estimate of drug-likeness (QED) is 0.659. The Labute approximate surface area is 126 Å². The van der Waals surface area contributed by atoms with Gasteiger partial charge in [0.05, 0.1) is 12.6 Å². The minimum Gasteiger partial charge on any atom is -0.497 e. The van der Waals surface area contributed by atoms with Crippen LogP contribution in [-0.2, 0) is 14.9 Å². The van der Waals surface area contributed by atoms with E-state index in [9.17, 15) is 0 Å². The van der Waals surface area contributed by atoms with Crippen LogP contribution in [0.25, 0.3) is 0 Å². The number of rotatable bonds is 4. The maximum atomic E-state index is 5.95. The molecule has 1 aromatic rings. The Morgan fingerprint density at radius 3 is 2.48 bits per heavy atom. The highest BCUT2D eigenvalue weighted by Gasteiger charge is 2.44.